The van der Waals surface area contributed by atoms with E-state index >= 15 is 0 Å². The molecule has 1 aliphatic rings. The van der Waals surface area contributed by atoms with Crippen molar-refractivity contribution in [2.24, 2.45) is 0 Å². The summed E-state index contributed by atoms with van der Waals surface area (Å²) in [5, 5.41) is 3.41. The van der Waals surface area contributed by atoms with Crippen LogP contribution in [-0.4, -0.2) is 47.9 Å². The molecule has 1 aromatic rings. The van der Waals surface area contributed by atoms with Gasteiger partial charge in [-0.1, -0.05) is 13.8 Å². The van der Waals surface area contributed by atoms with Crippen molar-refractivity contribution in [3.8, 4) is 0 Å². The van der Waals surface area contributed by atoms with E-state index in [4.69, 9.17) is 0 Å². The first kappa shape index (κ1) is 15.5. The third kappa shape index (κ3) is 3.22. The molecule has 1 N–H and O–H groups in total. The molecule has 0 saturated carbocycles. The predicted molar refractivity (Wildman–Crippen MR) is 83.9 cm³/mol. The molecule has 0 spiro atoms. The van der Waals surface area contributed by atoms with Gasteiger partial charge in [0.1, 0.15) is 6.17 Å². The highest BCUT2D eigenvalue weighted by Gasteiger charge is 2.37. The number of thiophene rings is 1. The van der Waals surface area contributed by atoms with Gasteiger partial charge in [-0.15, -0.1) is 11.3 Å². The van der Waals surface area contributed by atoms with E-state index in [-0.39, 0.29) is 18.1 Å². The number of nitrogens with zero attached hydrogens (tertiary/aromatic N) is 2. The van der Waals surface area contributed by atoms with E-state index in [0.717, 1.165) is 26.2 Å². The van der Waals surface area contributed by atoms with Crippen molar-refractivity contribution in [3.05, 3.63) is 21.9 Å². The van der Waals surface area contributed by atoms with E-state index in [2.05, 4.69) is 43.1 Å². The molecular weight excluding hydrogens is 270 g/mol. The van der Waals surface area contributed by atoms with Gasteiger partial charge in [0.05, 0.1) is 6.04 Å². The molecule has 1 aliphatic heterocycles. The molecule has 5 heteroatoms. The molecule has 2 heterocycles. The zero-order valence-corrected chi connectivity index (χ0v) is 13.7. The average molecular weight is 295 g/mol. The smallest absolute Gasteiger partial charge is 0.241 e. The Hall–Kier alpha value is -0.910. The highest BCUT2D eigenvalue weighted by molar-refractivity contribution is 7.12. The van der Waals surface area contributed by atoms with Gasteiger partial charge >= 0.3 is 0 Å². The van der Waals surface area contributed by atoms with Crippen molar-refractivity contribution in [2.45, 2.75) is 39.9 Å². The molecule has 2 unspecified atom stereocenters. The van der Waals surface area contributed by atoms with E-state index in [1.54, 1.807) is 11.3 Å². The van der Waals surface area contributed by atoms with Crippen LogP contribution in [-0.2, 0) is 4.79 Å². The van der Waals surface area contributed by atoms with Crippen molar-refractivity contribution >= 4 is 17.2 Å². The number of hydrogen-bond acceptors (Lipinski definition) is 4. The van der Waals surface area contributed by atoms with E-state index in [1.807, 2.05) is 11.8 Å². The second-order valence-electron chi connectivity index (χ2n) is 5.30. The molecule has 4 nitrogen and oxygen atoms in total. The maximum absolute atomic E-state index is 12.3. The zero-order valence-electron chi connectivity index (χ0n) is 12.8. The van der Waals surface area contributed by atoms with Crippen LogP contribution in [0.3, 0.4) is 0 Å². The minimum atomic E-state index is -0.0842. The lowest BCUT2D eigenvalue weighted by Gasteiger charge is -2.27. The lowest BCUT2D eigenvalue weighted by atomic mass is 10.3. The van der Waals surface area contributed by atoms with Gasteiger partial charge in [0.2, 0.25) is 5.91 Å². The fourth-order valence-electron chi connectivity index (χ4n) is 2.64. The Labute approximate surface area is 125 Å². The summed E-state index contributed by atoms with van der Waals surface area (Å²) in [5.74, 6) is 0.216. The molecule has 112 valence electrons. The minimum absolute atomic E-state index is 0.0479. The van der Waals surface area contributed by atoms with E-state index in [9.17, 15) is 4.79 Å². The quantitative estimate of drug-likeness (QED) is 0.874. The Morgan fingerprint density at radius 2 is 2.05 bits per heavy atom. The molecule has 2 rings (SSSR count). The Morgan fingerprint density at radius 3 is 2.60 bits per heavy atom. The van der Waals surface area contributed by atoms with Crippen LogP contribution in [0.1, 0.15) is 36.7 Å². The summed E-state index contributed by atoms with van der Waals surface area (Å²) < 4.78 is 0. The van der Waals surface area contributed by atoms with Gasteiger partial charge in [-0.3, -0.25) is 10.1 Å². The van der Waals surface area contributed by atoms with Gasteiger partial charge in [-0.25, -0.2) is 0 Å². The van der Waals surface area contributed by atoms with E-state index in [1.165, 1.54) is 9.75 Å². The van der Waals surface area contributed by atoms with Crippen LogP contribution in [0.2, 0.25) is 0 Å². The second-order valence-corrected chi connectivity index (χ2v) is 6.62. The van der Waals surface area contributed by atoms with Crippen LogP contribution in [0.15, 0.2) is 12.1 Å². The fourth-order valence-corrected chi connectivity index (χ4v) is 3.59. The van der Waals surface area contributed by atoms with Crippen molar-refractivity contribution in [3.63, 3.8) is 0 Å². The standard InChI is InChI=1S/C15H25N3OS/c1-5-17(6-2)9-10-18-14(16-12(4)15(18)19)13-8-7-11(3)20-13/h7-8,12,14,16H,5-6,9-10H2,1-4H3. The Kier molecular flexibility index (Phi) is 5.18. The normalized spacial score (nSPS) is 23.1. The molecule has 20 heavy (non-hydrogen) atoms. The van der Waals surface area contributed by atoms with Crippen molar-refractivity contribution in [1.82, 2.24) is 15.1 Å². The van der Waals surface area contributed by atoms with Crippen molar-refractivity contribution in [1.29, 1.82) is 0 Å². The molecule has 2 atom stereocenters. The number of carbonyl (C=O) groups is 1. The largest absolute Gasteiger partial charge is 0.319 e. The monoisotopic (exact) mass is 295 g/mol. The predicted octanol–water partition coefficient (Wildman–Crippen LogP) is 2.22. The topological polar surface area (TPSA) is 35.6 Å². The number of carbonyl (C=O) groups excluding carboxylic acids is 1. The van der Waals surface area contributed by atoms with Crippen LogP contribution >= 0.6 is 11.3 Å². The Morgan fingerprint density at radius 1 is 1.35 bits per heavy atom. The number of aryl methyl sites for hydroxylation is 1. The lowest BCUT2D eigenvalue weighted by molar-refractivity contribution is -0.130. The van der Waals surface area contributed by atoms with Gasteiger partial charge in [-0.05, 0) is 39.1 Å². The molecule has 0 bridgehead atoms. The molecule has 0 aromatic carbocycles. The third-order valence-electron chi connectivity index (χ3n) is 3.96. The van der Waals surface area contributed by atoms with Gasteiger partial charge < -0.3 is 9.80 Å². The molecule has 1 saturated heterocycles. The number of rotatable bonds is 6. The fraction of sp³-hybridized carbons (Fsp3) is 0.667. The van der Waals surface area contributed by atoms with Gasteiger partial charge in [0, 0.05) is 22.8 Å². The number of hydrogen-bond donors (Lipinski definition) is 1. The number of likely N-dealkylation sites (N-methyl/N-ethyl adjacent to an activating group) is 1. The van der Waals surface area contributed by atoms with E-state index < -0.39 is 0 Å². The maximum atomic E-state index is 12.3. The zero-order chi connectivity index (χ0) is 14.7. The lowest BCUT2D eigenvalue weighted by Crippen LogP contribution is -2.38. The summed E-state index contributed by atoms with van der Waals surface area (Å²) in [5.41, 5.74) is 0. The average Bonchev–Trinajstić information content (AvgIpc) is 2.98. The van der Waals surface area contributed by atoms with Gasteiger partial charge in [-0.2, -0.15) is 0 Å². The van der Waals surface area contributed by atoms with Crippen LogP contribution in [0.25, 0.3) is 0 Å². The number of amides is 1. The van der Waals surface area contributed by atoms with Crippen LogP contribution in [0.5, 0.6) is 0 Å². The summed E-state index contributed by atoms with van der Waals surface area (Å²) in [6, 6.07) is 4.17. The minimum Gasteiger partial charge on any atom is -0.319 e. The SMILES string of the molecule is CCN(CC)CCN1C(=O)C(C)NC1c1ccc(C)s1. The summed E-state index contributed by atoms with van der Waals surface area (Å²) in [6.07, 6.45) is 0.0479. The van der Waals surface area contributed by atoms with E-state index in [0.29, 0.717) is 0 Å². The molecule has 1 fully saturated rings. The van der Waals surface area contributed by atoms with Crippen molar-refractivity contribution in [2.75, 3.05) is 26.2 Å². The Balaban J connectivity index is 2.08. The first-order valence-electron chi connectivity index (χ1n) is 7.42. The third-order valence-corrected chi connectivity index (χ3v) is 5.01. The van der Waals surface area contributed by atoms with Crippen LogP contribution in [0, 0.1) is 6.92 Å². The Bertz CT molecular complexity index is 456. The van der Waals surface area contributed by atoms with Crippen LogP contribution < -0.4 is 5.32 Å². The highest BCUT2D eigenvalue weighted by Crippen LogP contribution is 2.30. The molecular formula is C15H25N3OS. The summed E-state index contributed by atoms with van der Waals surface area (Å²) in [6.45, 7) is 12.2. The summed E-state index contributed by atoms with van der Waals surface area (Å²) >= 11 is 1.77. The highest BCUT2D eigenvalue weighted by atomic mass is 32.1. The van der Waals surface area contributed by atoms with Gasteiger partial charge in [0.15, 0.2) is 0 Å². The maximum Gasteiger partial charge on any atom is 0.241 e. The first-order chi connectivity index (χ1) is 9.56. The van der Waals surface area contributed by atoms with Gasteiger partial charge in [0.25, 0.3) is 0 Å². The van der Waals surface area contributed by atoms with Crippen molar-refractivity contribution < 1.29 is 4.79 Å². The second kappa shape index (κ2) is 6.70. The number of nitrogens with one attached hydrogen (secondary N) is 1. The summed E-state index contributed by atoms with van der Waals surface area (Å²) in [4.78, 5) is 19.2. The van der Waals surface area contributed by atoms with Crippen LogP contribution in [0.4, 0.5) is 0 Å². The molecule has 0 aliphatic carbocycles. The molecule has 0 radical (unpaired) electrons. The first-order valence-corrected chi connectivity index (χ1v) is 8.23. The molecule has 1 aromatic heterocycles. The summed E-state index contributed by atoms with van der Waals surface area (Å²) in [7, 11) is 0. The molecule has 1 amide bonds.